The molecule has 0 aromatic heterocycles. The summed E-state index contributed by atoms with van der Waals surface area (Å²) in [5, 5.41) is 0. The Balaban J connectivity index is 0.00000153. The fourth-order valence-electron chi connectivity index (χ4n) is 6.97. The maximum Gasteiger partial charge on any atom is -0.147 e. The van der Waals surface area contributed by atoms with Gasteiger partial charge in [0.05, 0.1) is 0 Å². The fourth-order valence-corrected chi connectivity index (χ4v) is 28.4. The van der Waals surface area contributed by atoms with Crippen molar-refractivity contribution >= 4 is 43.3 Å². The first-order chi connectivity index (χ1) is 14.7. The quantitative estimate of drug-likeness (QED) is 0.276. The molecule has 2 unspecified atom stereocenters. The minimum absolute atomic E-state index is 0. The van der Waals surface area contributed by atoms with Crippen molar-refractivity contribution < 1.29 is 17.4 Å². The number of allylic oxidation sites excluding steroid dienone is 3. The van der Waals surface area contributed by atoms with Gasteiger partial charge in [0.25, 0.3) is 0 Å². The van der Waals surface area contributed by atoms with Crippen molar-refractivity contribution in [2.24, 2.45) is 0 Å². The molecule has 0 bridgehead atoms. The zero-order valence-corrected chi connectivity index (χ0v) is 25.7. The van der Waals surface area contributed by atoms with Gasteiger partial charge in [-0.2, -0.15) is 0 Å². The van der Waals surface area contributed by atoms with Gasteiger partial charge >= 0.3 is 191 Å². The fraction of sp³-hybridized carbons (Fsp3) is 0.241. The summed E-state index contributed by atoms with van der Waals surface area (Å²) in [5.74, 6) is 0.531. The molecule has 0 aliphatic heterocycles. The van der Waals surface area contributed by atoms with Crippen molar-refractivity contribution in [3.8, 4) is 11.1 Å². The average Bonchev–Trinajstić information content (AvgIpc) is 3.23. The first-order valence-electron chi connectivity index (χ1n) is 11.4. The van der Waals surface area contributed by atoms with Gasteiger partial charge in [-0.1, -0.05) is 0 Å². The van der Waals surface area contributed by atoms with Crippen LogP contribution in [0, 0.1) is 0 Å². The zero-order chi connectivity index (χ0) is 22.0. The second-order valence-corrected chi connectivity index (χ2v) is 40.1. The van der Waals surface area contributed by atoms with Gasteiger partial charge in [0.15, 0.2) is 0 Å². The van der Waals surface area contributed by atoms with Crippen LogP contribution in [0.15, 0.2) is 81.7 Å². The molecule has 3 aromatic rings. The molecule has 0 nitrogen and oxygen atoms in total. The summed E-state index contributed by atoms with van der Waals surface area (Å²) in [5.41, 5.74) is 11.9. The third kappa shape index (κ3) is 4.02. The molecule has 0 amide bonds. The molecule has 0 spiro atoms. The van der Waals surface area contributed by atoms with Crippen molar-refractivity contribution in [2.45, 2.75) is 39.6 Å². The number of benzene rings is 3. The van der Waals surface area contributed by atoms with Crippen LogP contribution in [0.25, 0.3) is 22.8 Å². The van der Waals surface area contributed by atoms with Crippen LogP contribution < -0.4 is 0 Å². The minimum Gasteiger partial charge on any atom is -0.147 e. The summed E-state index contributed by atoms with van der Waals surface area (Å²) in [6, 6.07) is 27.0. The summed E-state index contributed by atoms with van der Waals surface area (Å²) in [4.78, 5) is 0. The van der Waals surface area contributed by atoms with Gasteiger partial charge in [-0.3, -0.25) is 0 Å². The molecule has 0 radical (unpaired) electrons. The van der Waals surface area contributed by atoms with Crippen LogP contribution in [-0.2, 0) is 17.4 Å². The van der Waals surface area contributed by atoms with Crippen molar-refractivity contribution in [3.63, 3.8) is 0 Å². The Morgan fingerprint density at radius 2 is 1.30 bits per heavy atom. The van der Waals surface area contributed by atoms with Crippen LogP contribution in [0.3, 0.4) is 0 Å². The van der Waals surface area contributed by atoms with E-state index in [0.29, 0.717) is 9.54 Å². The normalized spacial score (nSPS) is 19.3. The van der Waals surface area contributed by atoms with Crippen molar-refractivity contribution in [1.82, 2.24) is 0 Å². The molecule has 0 fully saturated rings. The van der Waals surface area contributed by atoms with Gasteiger partial charge in [-0.05, 0) is 0 Å². The van der Waals surface area contributed by atoms with Crippen LogP contribution >= 0.6 is 24.8 Å². The SMILES string of the molecule is CC1=Cc2c(-c3ccccc3)cccc2[CH]1[Zr]([CH3])([CH3])(=[SiH2])[C]1=C(C)c2ccccc2C1C.Cl.Cl. The standard InChI is InChI=1S/C16H13.C11H11.2CH3.2ClH.H2Si.Zr/c1-12-10-14-8-5-9-15(16(14)11-12)13-6-3-2-4-7-13;1-8-7-9(2)11-6-4-3-5-10(8)11;;;;;;/h2-11H,1H3;3-6,8H,1-2H3;2*1H3;2*1H;1H2;. The Bertz CT molecular complexity index is 1350. The van der Waals surface area contributed by atoms with E-state index >= 15 is 0 Å². The number of rotatable bonds is 3. The van der Waals surface area contributed by atoms with Crippen molar-refractivity contribution in [2.75, 3.05) is 0 Å². The monoisotopic (exact) mass is 570 g/mol. The van der Waals surface area contributed by atoms with E-state index in [0.717, 1.165) is 0 Å². The largest absolute Gasteiger partial charge is 0.147 e. The molecule has 0 saturated heterocycles. The van der Waals surface area contributed by atoms with Crippen LogP contribution in [0.5, 0.6) is 0 Å². The third-order valence-corrected chi connectivity index (χ3v) is 25.3. The molecule has 0 heterocycles. The van der Waals surface area contributed by atoms with E-state index in [2.05, 4.69) is 116 Å². The topological polar surface area (TPSA) is 0 Å². The number of halogens is 2. The van der Waals surface area contributed by atoms with Gasteiger partial charge in [0.1, 0.15) is 0 Å². The molecule has 2 aliphatic rings. The third-order valence-electron chi connectivity index (χ3n) is 7.84. The van der Waals surface area contributed by atoms with Crippen LogP contribution in [0.4, 0.5) is 0 Å². The number of fused-ring (bicyclic) bond motifs is 2. The Kier molecular flexibility index (Phi) is 7.30. The Hall–Kier alpha value is -1.18. The summed E-state index contributed by atoms with van der Waals surface area (Å²) < 4.78 is 7.78. The Morgan fingerprint density at radius 1 is 0.727 bits per heavy atom. The number of hydrogen-bond donors (Lipinski definition) is 0. The molecular weight excluding hydrogens is 539 g/mol. The van der Waals surface area contributed by atoms with Gasteiger partial charge in [-0.15, -0.1) is 24.8 Å². The summed E-state index contributed by atoms with van der Waals surface area (Å²) in [6.07, 6.45) is 2.50. The maximum absolute atomic E-state index is 3.39. The molecule has 2 atom stereocenters. The second-order valence-electron chi connectivity index (χ2n) is 10.7. The van der Waals surface area contributed by atoms with Crippen molar-refractivity contribution in [3.05, 3.63) is 104 Å². The maximum atomic E-state index is 2.70. The van der Waals surface area contributed by atoms with E-state index in [1.165, 1.54) is 27.8 Å². The van der Waals surface area contributed by atoms with E-state index < -0.39 is 17.4 Å². The molecule has 4 heteroatoms. The Labute approximate surface area is 213 Å². The molecule has 172 valence electrons. The first kappa shape index (κ1) is 26.4. The molecular formula is C29H34Cl2SiZr. The van der Waals surface area contributed by atoms with Gasteiger partial charge < -0.3 is 0 Å². The number of hydrogen-bond acceptors (Lipinski definition) is 0. The molecule has 3 aromatic carbocycles. The molecule has 0 N–H and O–H groups in total. The molecule has 0 saturated carbocycles. The first-order valence-corrected chi connectivity index (χ1v) is 24.9. The van der Waals surface area contributed by atoms with Gasteiger partial charge in [-0.25, -0.2) is 0 Å². The van der Waals surface area contributed by atoms with Crippen LogP contribution in [-0.4, -0.2) is 6.88 Å². The van der Waals surface area contributed by atoms with E-state index in [9.17, 15) is 0 Å². The van der Waals surface area contributed by atoms with Crippen molar-refractivity contribution in [1.29, 1.82) is 0 Å². The zero-order valence-electron chi connectivity index (χ0n) is 20.2. The molecule has 2 aliphatic carbocycles. The van der Waals surface area contributed by atoms with E-state index in [1.54, 1.807) is 20.0 Å². The summed E-state index contributed by atoms with van der Waals surface area (Å²) in [7, 11) is 0. The minimum atomic E-state index is -3.39. The van der Waals surface area contributed by atoms with Crippen LogP contribution in [0.1, 0.15) is 52.6 Å². The van der Waals surface area contributed by atoms with E-state index in [4.69, 9.17) is 0 Å². The second kappa shape index (κ2) is 9.12. The summed E-state index contributed by atoms with van der Waals surface area (Å²) >= 11 is -3.39. The van der Waals surface area contributed by atoms with E-state index in [-0.39, 0.29) is 24.8 Å². The smallest absolute Gasteiger partial charge is 0.147 e. The van der Waals surface area contributed by atoms with E-state index in [1.807, 2.05) is 0 Å². The predicted octanol–water partition coefficient (Wildman–Crippen LogP) is 8.54. The van der Waals surface area contributed by atoms with Crippen LogP contribution in [0.2, 0.25) is 9.26 Å². The average molecular weight is 573 g/mol. The van der Waals surface area contributed by atoms with Gasteiger partial charge in [0, 0.05) is 0 Å². The Morgan fingerprint density at radius 3 is 1.97 bits per heavy atom. The summed E-state index contributed by atoms with van der Waals surface area (Å²) in [6.45, 7) is 9.64. The molecule has 5 rings (SSSR count). The molecule has 33 heavy (non-hydrogen) atoms. The predicted molar refractivity (Wildman–Crippen MR) is 150 cm³/mol. The van der Waals surface area contributed by atoms with Gasteiger partial charge in [0.2, 0.25) is 0 Å².